The second kappa shape index (κ2) is 6.87. The zero-order valence-electron chi connectivity index (χ0n) is 11.1. The van der Waals surface area contributed by atoms with Crippen LogP contribution in [0.25, 0.3) is 0 Å². The summed E-state index contributed by atoms with van der Waals surface area (Å²) in [5.74, 6) is -0.543. The van der Waals surface area contributed by atoms with E-state index in [1.54, 1.807) is 43.4 Å². The fourth-order valence-electron chi connectivity index (χ4n) is 1.79. The third-order valence-electron chi connectivity index (χ3n) is 2.82. The molecule has 2 N–H and O–H groups in total. The Hall–Kier alpha value is -1.66. The van der Waals surface area contributed by atoms with Crippen LogP contribution in [-0.4, -0.2) is 18.9 Å². The maximum absolute atomic E-state index is 12.4. The zero-order valence-corrected chi connectivity index (χ0v) is 14.3. The Kier molecular flexibility index (Phi) is 5.14. The molecule has 0 saturated heterocycles. The van der Waals surface area contributed by atoms with Gasteiger partial charge in [-0.25, -0.2) is 0 Å². The van der Waals surface area contributed by atoms with Crippen LogP contribution >= 0.6 is 31.9 Å². The number of rotatable bonds is 3. The molecule has 2 aromatic rings. The monoisotopic (exact) mass is 410 g/mol. The van der Waals surface area contributed by atoms with E-state index in [9.17, 15) is 9.59 Å². The molecule has 4 nitrogen and oxygen atoms in total. The second-order valence-corrected chi connectivity index (χ2v) is 5.97. The van der Waals surface area contributed by atoms with Crippen molar-refractivity contribution in [1.29, 1.82) is 0 Å². The van der Waals surface area contributed by atoms with Gasteiger partial charge >= 0.3 is 0 Å². The molecule has 0 spiro atoms. The molecule has 0 fully saturated rings. The first-order valence-corrected chi connectivity index (χ1v) is 7.69. The van der Waals surface area contributed by atoms with Gasteiger partial charge < -0.3 is 10.6 Å². The molecular formula is C15H12Br2N2O2. The van der Waals surface area contributed by atoms with Crippen LogP contribution in [0.5, 0.6) is 0 Å². The van der Waals surface area contributed by atoms with Gasteiger partial charge in [0.2, 0.25) is 0 Å². The molecule has 2 amide bonds. The van der Waals surface area contributed by atoms with E-state index in [0.717, 1.165) is 4.47 Å². The number of amides is 2. The molecule has 0 aliphatic carbocycles. The third kappa shape index (κ3) is 3.71. The summed E-state index contributed by atoms with van der Waals surface area (Å²) < 4.78 is 1.48. The first kappa shape index (κ1) is 15.7. The van der Waals surface area contributed by atoms with E-state index >= 15 is 0 Å². The highest BCUT2D eigenvalue weighted by molar-refractivity contribution is 9.11. The first-order chi connectivity index (χ1) is 10.0. The van der Waals surface area contributed by atoms with Crippen LogP contribution < -0.4 is 10.6 Å². The highest BCUT2D eigenvalue weighted by Gasteiger charge is 2.15. The van der Waals surface area contributed by atoms with Gasteiger partial charge in [-0.2, -0.15) is 0 Å². The summed E-state index contributed by atoms with van der Waals surface area (Å²) in [5, 5.41) is 5.31. The maximum atomic E-state index is 12.4. The minimum absolute atomic E-state index is 0.251. The molecule has 2 rings (SSSR count). The number of nitrogens with one attached hydrogen (secondary N) is 2. The third-order valence-corrected chi connectivity index (χ3v) is 4.00. The lowest BCUT2D eigenvalue weighted by Gasteiger charge is -2.11. The number of halogens is 2. The molecule has 6 heteroatoms. The number of hydrogen-bond donors (Lipinski definition) is 2. The highest BCUT2D eigenvalue weighted by Crippen LogP contribution is 2.23. The Morgan fingerprint density at radius 2 is 1.67 bits per heavy atom. The average Bonchev–Trinajstić information content (AvgIpc) is 2.49. The average molecular weight is 412 g/mol. The van der Waals surface area contributed by atoms with E-state index in [0.29, 0.717) is 21.3 Å². The lowest BCUT2D eigenvalue weighted by atomic mass is 10.1. The molecule has 0 heterocycles. The van der Waals surface area contributed by atoms with Crippen molar-refractivity contribution in [3.63, 3.8) is 0 Å². The van der Waals surface area contributed by atoms with E-state index in [1.807, 2.05) is 6.07 Å². The first-order valence-electron chi connectivity index (χ1n) is 6.10. The molecular weight excluding hydrogens is 400 g/mol. The van der Waals surface area contributed by atoms with E-state index in [1.165, 1.54) is 0 Å². The van der Waals surface area contributed by atoms with Crippen molar-refractivity contribution in [1.82, 2.24) is 5.32 Å². The molecule has 0 aromatic heterocycles. The molecule has 0 bridgehead atoms. The van der Waals surface area contributed by atoms with Gasteiger partial charge in [0, 0.05) is 16.0 Å². The number of carbonyl (C=O) groups is 2. The topological polar surface area (TPSA) is 58.2 Å². The van der Waals surface area contributed by atoms with Crippen LogP contribution in [0.3, 0.4) is 0 Å². The predicted molar refractivity (Wildman–Crippen MR) is 89.6 cm³/mol. The van der Waals surface area contributed by atoms with Crippen molar-refractivity contribution >= 4 is 49.4 Å². The van der Waals surface area contributed by atoms with E-state index in [4.69, 9.17) is 0 Å². The Morgan fingerprint density at radius 3 is 2.38 bits per heavy atom. The van der Waals surface area contributed by atoms with Crippen LogP contribution in [0.15, 0.2) is 51.4 Å². The smallest absolute Gasteiger partial charge is 0.256 e. The van der Waals surface area contributed by atoms with Gasteiger partial charge in [-0.3, -0.25) is 9.59 Å². The van der Waals surface area contributed by atoms with Gasteiger partial charge in [-0.15, -0.1) is 0 Å². The molecule has 0 aliphatic rings. The molecule has 0 aliphatic heterocycles. The zero-order chi connectivity index (χ0) is 15.4. The minimum atomic E-state index is -0.292. The lowest BCUT2D eigenvalue weighted by molar-refractivity contribution is 0.0964. The Labute approximate surface area is 139 Å². The van der Waals surface area contributed by atoms with Crippen LogP contribution in [0, 0.1) is 0 Å². The molecule has 108 valence electrons. The standard InChI is InChI=1S/C15H12Br2N2O2/c1-18-14(20)10-4-2-3-5-13(10)19-15(21)11-8-9(16)6-7-12(11)17/h2-8H,1H3,(H,18,20)(H,19,21). The summed E-state index contributed by atoms with van der Waals surface area (Å²) in [7, 11) is 1.55. The Balaban J connectivity index is 2.32. The summed E-state index contributed by atoms with van der Waals surface area (Å²) in [4.78, 5) is 24.2. The largest absolute Gasteiger partial charge is 0.355 e. The number of benzene rings is 2. The number of hydrogen-bond acceptors (Lipinski definition) is 2. The van der Waals surface area contributed by atoms with Gasteiger partial charge in [-0.1, -0.05) is 28.1 Å². The minimum Gasteiger partial charge on any atom is -0.355 e. The van der Waals surface area contributed by atoms with Crippen LogP contribution in [0.4, 0.5) is 5.69 Å². The molecule has 2 aromatic carbocycles. The lowest BCUT2D eigenvalue weighted by Crippen LogP contribution is -2.21. The van der Waals surface area contributed by atoms with Gasteiger partial charge in [0.05, 0.1) is 16.8 Å². The van der Waals surface area contributed by atoms with Crippen molar-refractivity contribution in [3.8, 4) is 0 Å². The van der Waals surface area contributed by atoms with E-state index in [-0.39, 0.29) is 11.8 Å². The quantitative estimate of drug-likeness (QED) is 0.806. The molecule has 0 saturated carbocycles. The highest BCUT2D eigenvalue weighted by atomic mass is 79.9. The fraction of sp³-hybridized carbons (Fsp3) is 0.0667. The van der Waals surface area contributed by atoms with Crippen LogP contribution in [0.2, 0.25) is 0 Å². The van der Waals surface area contributed by atoms with Crippen molar-refractivity contribution in [2.24, 2.45) is 0 Å². The summed E-state index contributed by atoms with van der Waals surface area (Å²) in [6, 6.07) is 12.2. The van der Waals surface area contributed by atoms with Crippen molar-refractivity contribution < 1.29 is 9.59 Å². The van der Waals surface area contributed by atoms with Crippen LogP contribution in [-0.2, 0) is 0 Å². The second-order valence-electron chi connectivity index (χ2n) is 4.20. The maximum Gasteiger partial charge on any atom is 0.256 e. The summed E-state index contributed by atoms with van der Waals surface area (Å²) in [5.41, 5.74) is 1.37. The summed E-state index contributed by atoms with van der Waals surface area (Å²) in [6.07, 6.45) is 0. The van der Waals surface area contributed by atoms with E-state index < -0.39 is 0 Å². The van der Waals surface area contributed by atoms with Crippen LogP contribution in [0.1, 0.15) is 20.7 Å². The summed E-state index contributed by atoms with van der Waals surface area (Å²) >= 11 is 6.68. The Bertz CT molecular complexity index is 702. The van der Waals surface area contributed by atoms with E-state index in [2.05, 4.69) is 42.5 Å². The SMILES string of the molecule is CNC(=O)c1ccccc1NC(=O)c1cc(Br)ccc1Br. The molecule has 0 atom stereocenters. The van der Waals surface area contributed by atoms with Crippen molar-refractivity contribution in [2.75, 3.05) is 12.4 Å². The molecule has 21 heavy (non-hydrogen) atoms. The van der Waals surface area contributed by atoms with Crippen molar-refractivity contribution in [2.45, 2.75) is 0 Å². The number of para-hydroxylation sites is 1. The molecule has 0 unspecified atom stereocenters. The number of carbonyl (C=O) groups excluding carboxylic acids is 2. The summed E-state index contributed by atoms with van der Waals surface area (Å²) in [6.45, 7) is 0. The van der Waals surface area contributed by atoms with Gasteiger partial charge in [0.1, 0.15) is 0 Å². The number of anilines is 1. The van der Waals surface area contributed by atoms with Crippen molar-refractivity contribution in [3.05, 3.63) is 62.5 Å². The fourth-order valence-corrected chi connectivity index (χ4v) is 2.57. The van der Waals surface area contributed by atoms with Gasteiger partial charge in [0.15, 0.2) is 0 Å². The molecule has 0 radical (unpaired) electrons. The predicted octanol–water partition coefficient (Wildman–Crippen LogP) is 3.82. The normalized spacial score (nSPS) is 10.0. The Morgan fingerprint density at radius 1 is 0.952 bits per heavy atom. The van der Waals surface area contributed by atoms with Gasteiger partial charge in [-0.05, 0) is 46.3 Å². The van der Waals surface area contributed by atoms with Gasteiger partial charge in [0.25, 0.3) is 11.8 Å².